The van der Waals surface area contributed by atoms with E-state index in [2.05, 4.69) is 21.4 Å². The Morgan fingerprint density at radius 2 is 1.89 bits per heavy atom. The Kier molecular flexibility index (Phi) is 3.72. The van der Waals surface area contributed by atoms with Crippen LogP contribution in [-0.2, 0) is 7.05 Å². The van der Waals surface area contributed by atoms with Crippen molar-refractivity contribution < 1.29 is 4.42 Å². The minimum Gasteiger partial charge on any atom is -0.422 e. The number of rotatable bonds is 2. The Morgan fingerprint density at radius 3 is 2.74 bits per heavy atom. The molecule has 2 aromatic carbocycles. The fourth-order valence-electron chi connectivity index (χ4n) is 3.74. The number of piperazine rings is 1. The Hall–Kier alpha value is -3.12. The van der Waals surface area contributed by atoms with Crippen LogP contribution in [0.25, 0.3) is 33.0 Å². The molecule has 3 heterocycles. The second kappa shape index (κ2) is 6.25. The average Bonchev–Trinajstić information content (AvgIpc) is 3.07. The van der Waals surface area contributed by atoms with Crippen LogP contribution in [-0.4, -0.2) is 36.0 Å². The number of aryl methyl sites for hydroxylation is 1. The lowest BCUT2D eigenvalue weighted by Gasteiger charge is -2.29. The summed E-state index contributed by atoms with van der Waals surface area (Å²) in [6.45, 7) is 3.81. The number of hydrogen-bond acceptors (Lipinski definition) is 5. The molecule has 1 aliphatic rings. The van der Waals surface area contributed by atoms with Gasteiger partial charge < -0.3 is 14.6 Å². The van der Waals surface area contributed by atoms with Crippen molar-refractivity contribution in [3.63, 3.8) is 0 Å². The summed E-state index contributed by atoms with van der Waals surface area (Å²) in [4.78, 5) is 15.0. The van der Waals surface area contributed by atoms with Crippen molar-refractivity contribution in [1.82, 2.24) is 15.1 Å². The molecule has 0 radical (unpaired) electrons. The van der Waals surface area contributed by atoms with Crippen LogP contribution in [0, 0.1) is 0 Å². The highest BCUT2D eigenvalue weighted by molar-refractivity contribution is 5.89. The van der Waals surface area contributed by atoms with Gasteiger partial charge in [-0.15, -0.1) is 0 Å². The molecule has 1 saturated heterocycles. The van der Waals surface area contributed by atoms with Gasteiger partial charge in [-0.2, -0.15) is 5.10 Å². The zero-order valence-corrected chi connectivity index (χ0v) is 15.1. The fourth-order valence-corrected chi connectivity index (χ4v) is 3.74. The van der Waals surface area contributed by atoms with Crippen LogP contribution in [0.5, 0.6) is 0 Å². The smallest absolute Gasteiger partial charge is 0.344 e. The minimum atomic E-state index is -0.300. The highest BCUT2D eigenvalue weighted by atomic mass is 16.4. The van der Waals surface area contributed by atoms with Gasteiger partial charge in [0, 0.05) is 56.1 Å². The Bertz CT molecular complexity index is 1200. The summed E-state index contributed by atoms with van der Waals surface area (Å²) in [6, 6.07) is 13.9. The first-order valence-corrected chi connectivity index (χ1v) is 9.15. The van der Waals surface area contributed by atoms with Gasteiger partial charge >= 0.3 is 5.63 Å². The molecule has 27 heavy (non-hydrogen) atoms. The van der Waals surface area contributed by atoms with Crippen molar-refractivity contribution >= 4 is 27.4 Å². The second-order valence-electron chi connectivity index (χ2n) is 6.98. The molecule has 1 fully saturated rings. The van der Waals surface area contributed by atoms with Crippen molar-refractivity contribution in [2.75, 3.05) is 31.1 Å². The van der Waals surface area contributed by atoms with E-state index >= 15 is 0 Å². The SMILES string of the molecule is Cn1cc2cc(-c3cc4ccc(N5CCNCC5)cc4c(=O)o3)ccc2n1. The highest BCUT2D eigenvalue weighted by Gasteiger charge is 2.13. The van der Waals surface area contributed by atoms with E-state index in [1.807, 2.05) is 49.6 Å². The van der Waals surface area contributed by atoms with E-state index in [1.54, 1.807) is 4.68 Å². The molecule has 4 aromatic rings. The summed E-state index contributed by atoms with van der Waals surface area (Å²) in [6.07, 6.45) is 1.96. The summed E-state index contributed by atoms with van der Waals surface area (Å²) in [7, 11) is 1.89. The predicted molar refractivity (Wildman–Crippen MR) is 107 cm³/mol. The van der Waals surface area contributed by atoms with Gasteiger partial charge in [0.05, 0.1) is 10.9 Å². The van der Waals surface area contributed by atoms with Gasteiger partial charge in [-0.3, -0.25) is 4.68 Å². The third kappa shape index (κ3) is 2.88. The first-order chi connectivity index (χ1) is 13.2. The van der Waals surface area contributed by atoms with Gasteiger partial charge in [-0.25, -0.2) is 4.79 Å². The minimum absolute atomic E-state index is 0.300. The number of nitrogens with zero attached hydrogens (tertiary/aromatic N) is 3. The molecule has 6 nitrogen and oxygen atoms in total. The lowest BCUT2D eigenvalue weighted by atomic mass is 10.1. The van der Waals surface area contributed by atoms with Crippen LogP contribution in [0.15, 0.2) is 57.9 Å². The normalized spacial score (nSPS) is 14.9. The monoisotopic (exact) mass is 360 g/mol. The summed E-state index contributed by atoms with van der Waals surface area (Å²) < 4.78 is 7.44. The van der Waals surface area contributed by atoms with E-state index < -0.39 is 0 Å². The second-order valence-corrected chi connectivity index (χ2v) is 6.98. The molecule has 0 unspecified atom stereocenters. The molecule has 0 bridgehead atoms. The number of nitrogens with one attached hydrogen (secondary N) is 1. The molecule has 0 spiro atoms. The maximum atomic E-state index is 12.7. The van der Waals surface area contributed by atoms with Crippen molar-refractivity contribution in [3.8, 4) is 11.3 Å². The zero-order valence-electron chi connectivity index (χ0n) is 15.1. The Balaban J connectivity index is 1.58. The predicted octanol–water partition coefficient (Wildman–Crippen LogP) is 2.76. The van der Waals surface area contributed by atoms with E-state index in [9.17, 15) is 4.79 Å². The van der Waals surface area contributed by atoms with Gasteiger partial charge in [0.1, 0.15) is 5.76 Å². The summed E-state index contributed by atoms with van der Waals surface area (Å²) in [5.74, 6) is 0.577. The fraction of sp³-hybridized carbons (Fsp3) is 0.238. The van der Waals surface area contributed by atoms with Crippen molar-refractivity contribution in [2.45, 2.75) is 0 Å². The molecule has 0 amide bonds. The highest BCUT2D eigenvalue weighted by Crippen LogP contribution is 2.27. The van der Waals surface area contributed by atoms with Crippen molar-refractivity contribution in [2.24, 2.45) is 7.05 Å². The van der Waals surface area contributed by atoms with Gasteiger partial charge in [-0.1, -0.05) is 6.07 Å². The molecule has 2 aromatic heterocycles. The van der Waals surface area contributed by atoms with E-state index in [4.69, 9.17) is 4.42 Å². The molecule has 6 heteroatoms. The standard InChI is InChI=1S/C21H20N4O2/c1-24-13-16-10-15(3-5-19(16)23-24)20-11-14-2-4-17(12-18(14)21(26)27-20)25-8-6-22-7-9-25/h2-5,10-13,22H,6-9H2,1H3. The number of anilines is 1. The topological polar surface area (TPSA) is 63.3 Å². The molecule has 1 N–H and O–H groups in total. The lowest BCUT2D eigenvalue weighted by Crippen LogP contribution is -2.43. The van der Waals surface area contributed by atoms with Crippen LogP contribution in [0.4, 0.5) is 5.69 Å². The molecule has 5 rings (SSSR count). The van der Waals surface area contributed by atoms with E-state index in [-0.39, 0.29) is 5.63 Å². The average molecular weight is 360 g/mol. The number of fused-ring (bicyclic) bond motifs is 2. The number of aromatic nitrogens is 2. The van der Waals surface area contributed by atoms with Gasteiger partial charge in [0.25, 0.3) is 0 Å². The quantitative estimate of drug-likeness (QED) is 0.596. The lowest BCUT2D eigenvalue weighted by molar-refractivity contribution is 0.534. The third-order valence-corrected chi connectivity index (χ3v) is 5.13. The van der Waals surface area contributed by atoms with Crippen LogP contribution in [0.1, 0.15) is 0 Å². The van der Waals surface area contributed by atoms with Gasteiger partial charge in [0.15, 0.2) is 0 Å². The summed E-state index contributed by atoms with van der Waals surface area (Å²) in [5, 5.41) is 10.3. The molecule has 0 aliphatic carbocycles. The van der Waals surface area contributed by atoms with Crippen LogP contribution in [0.2, 0.25) is 0 Å². The molecule has 136 valence electrons. The van der Waals surface area contributed by atoms with Crippen LogP contribution >= 0.6 is 0 Å². The summed E-state index contributed by atoms with van der Waals surface area (Å²) >= 11 is 0. The maximum absolute atomic E-state index is 12.7. The van der Waals surface area contributed by atoms with E-state index in [1.165, 1.54) is 0 Å². The van der Waals surface area contributed by atoms with Gasteiger partial charge in [-0.05, 0) is 41.8 Å². The molecular weight excluding hydrogens is 340 g/mol. The van der Waals surface area contributed by atoms with Gasteiger partial charge in [0.2, 0.25) is 0 Å². The Morgan fingerprint density at radius 1 is 1.04 bits per heavy atom. The van der Waals surface area contributed by atoms with E-state index in [0.29, 0.717) is 11.1 Å². The van der Waals surface area contributed by atoms with Crippen LogP contribution < -0.4 is 15.8 Å². The zero-order chi connectivity index (χ0) is 18.4. The van der Waals surface area contributed by atoms with Crippen molar-refractivity contribution in [1.29, 1.82) is 0 Å². The van der Waals surface area contributed by atoms with Crippen LogP contribution in [0.3, 0.4) is 0 Å². The maximum Gasteiger partial charge on any atom is 0.344 e. The number of hydrogen-bond donors (Lipinski definition) is 1. The van der Waals surface area contributed by atoms with E-state index in [0.717, 1.165) is 53.7 Å². The molecule has 1 aliphatic heterocycles. The van der Waals surface area contributed by atoms with Crippen molar-refractivity contribution in [3.05, 3.63) is 59.1 Å². The number of benzene rings is 2. The molecule has 0 saturated carbocycles. The third-order valence-electron chi connectivity index (χ3n) is 5.13. The first kappa shape index (κ1) is 16.1. The molecular formula is C21H20N4O2. The molecule has 0 atom stereocenters. The largest absolute Gasteiger partial charge is 0.422 e. The summed E-state index contributed by atoms with van der Waals surface area (Å²) in [5.41, 5.74) is 2.57. The first-order valence-electron chi connectivity index (χ1n) is 9.15. The Labute approximate surface area is 156 Å².